The molecule has 1 atom stereocenters. The van der Waals surface area contributed by atoms with Crippen LogP contribution in [0.25, 0.3) is 0 Å². The summed E-state index contributed by atoms with van der Waals surface area (Å²) in [4.78, 5) is 17.2. The van der Waals surface area contributed by atoms with Crippen molar-refractivity contribution in [3.05, 3.63) is 60.2 Å². The Kier molecular flexibility index (Phi) is 6.14. The average Bonchev–Trinajstić information content (AvgIpc) is 2.69. The van der Waals surface area contributed by atoms with E-state index in [-0.39, 0.29) is 17.7 Å². The number of halogens is 2. The minimum Gasteiger partial charge on any atom is -0.369 e. The summed E-state index contributed by atoms with van der Waals surface area (Å²) >= 11 is 1.23. The highest BCUT2D eigenvalue weighted by Crippen LogP contribution is 2.24. The average molecular weight is 376 g/mol. The highest BCUT2D eigenvalue weighted by Gasteiger charge is 2.26. The van der Waals surface area contributed by atoms with Crippen molar-refractivity contribution in [1.82, 2.24) is 4.90 Å². The van der Waals surface area contributed by atoms with Crippen LogP contribution < -0.4 is 4.90 Å². The first kappa shape index (κ1) is 18.7. The summed E-state index contributed by atoms with van der Waals surface area (Å²) in [6.45, 7) is 1.80. The number of hydrogen-bond donors (Lipinski definition) is 0. The van der Waals surface area contributed by atoms with Gasteiger partial charge >= 0.3 is 0 Å². The van der Waals surface area contributed by atoms with Gasteiger partial charge in [0.25, 0.3) is 0 Å². The van der Waals surface area contributed by atoms with Crippen molar-refractivity contribution >= 4 is 23.4 Å². The van der Waals surface area contributed by atoms with Crippen LogP contribution in [-0.4, -0.2) is 42.7 Å². The normalized spacial score (nSPS) is 17.2. The summed E-state index contributed by atoms with van der Waals surface area (Å²) in [7, 11) is 1.83. The summed E-state index contributed by atoms with van der Waals surface area (Å²) in [6.07, 6.45) is 2.01. The van der Waals surface area contributed by atoms with Gasteiger partial charge in [0.2, 0.25) is 5.91 Å². The number of rotatable bonds is 5. The third kappa shape index (κ3) is 4.55. The number of benzene rings is 2. The molecule has 3 rings (SSSR count). The van der Waals surface area contributed by atoms with E-state index in [0.717, 1.165) is 38.1 Å². The van der Waals surface area contributed by atoms with Crippen LogP contribution in [0.5, 0.6) is 0 Å². The topological polar surface area (TPSA) is 23.6 Å². The molecule has 1 amide bonds. The summed E-state index contributed by atoms with van der Waals surface area (Å²) in [5.41, 5.74) is 1.18. The highest BCUT2D eigenvalue weighted by molar-refractivity contribution is 8.00. The summed E-state index contributed by atoms with van der Waals surface area (Å²) in [6, 6.07) is 14.1. The predicted octanol–water partition coefficient (Wildman–Crippen LogP) is 4.18. The van der Waals surface area contributed by atoms with Crippen molar-refractivity contribution in [3.63, 3.8) is 0 Å². The molecule has 1 aliphatic heterocycles. The number of carbonyl (C=O) groups is 1. The summed E-state index contributed by atoms with van der Waals surface area (Å²) < 4.78 is 26.2. The fourth-order valence-electron chi connectivity index (χ4n) is 3.16. The van der Waals surface area contributed by atoms with Gasteiger partial charge in [0, 0.05) is 36.8 Å². The number of anilines is 1. The number of piperidine rings is 1. The number of amides is 1. The van der Waals surface area contributed by atoms with Crippen LogP contribution in [0.4, 0.5) is 14.5 Å². The maximum atomic E-state index is 13.3. The van der Waals surface area contributed by atoms with E-state index in [4.69, 9.17) is 0 Å². The Morgan fingerprint density at radius 1 is 1.19 bits per heavy atom. The van der Waals surface area contributed by atoms with Crippen molar-refractivity contribution in [2.24, 2.45) is 0 Å². The molecule has 0 saturated carbocycles. The molecule has 0 bridgehead atoms. The highest BCUT2D eigenvalue weighted by atomic mass is 32.2. The van der Waals surface area contributed by atoms with Gasteiger partial charge in [0.1, 0.15) is 0 Å². The largest absolute Gasteiger partial charge is 0.369 e. The van der Waals surface area contributed by atoms with Crippen LogP contribution in [0.3, 0.4) is 0 Å². The lowest BCUT2D eigenvalue weighted by molar-refractivity contribution is -0.129. The van der Waals surface area contributed by atoms with Gasteiger partial charge in [-0.15, -0.1) is 11.8 Å². The zero-order chi connectivity index (χ0) is 18.5. The van der Waals surface area contributed by atoms with Crippen molar-refractivity contribution in [1.29, 1.82) is 0 Å². The third-order valence-corrected chi connectivity index (χ3v) is 5.69. The van der Waals surface area contributed by atoms with Crippen molar-refractivity contribution in [2.75, 3.05) is 30.8 Å². The van der Waals surface area contributed by atoms with E-state index in [2.05, 4.69) is 17.0 Å². The fraction of sp³-hybridized carbons (Fsp3) is 0.350. The minimum absolute atomic E-state index is 0.000329. The number of hydrogen-bond acceptors (Lipinski definition) is 3. The number of nitrogens with zero attached hydrogens (tertiary/aromatic N) is 2. The van der Waals surface area contributed by atoms with Gasteiger partial charge in [0.15, 0.2) is 11.6 Å². The minimum atomic E-state index is -0.887. The molecule has 0 N–H and O–H groups in total. The lowest BCUT2D eigenvalue weighted by Crippen LogP contribution is -2.49. The molecule has 1 aliphatic rings. The Bertz CT molecular complexity index is 757. The Morgan fingerprint density at radius 3 is 2.69 bits per heavy atom. The molecular formula is C20H22F2N2OS. The molecule has 0 aliphatic carbocycles. The standard InChI is InChI=1S/C20H22F2N2OS/c1-23(20(25)14-26-17-9-10-18(21)19(22)12-17)16-8-5-11-24(13-16)15-6-3-2-4-7-15/h2-4,6-7,9-10,12,16H,5,8,11,13-14H2,1H3/t16-/m0/s1. The van der Waals surface area contributed by atoms with Crippen LogP contribution in [0.2, 0.25) is 0 Å². The zero-order valence-electron chi connectivity index (χ0n) is 14.7. The van der Waals surface area contributed by atoms with E-state index in [9.17, 15) is 13.6 Å². The molecule has 6 heteroatoms. The van der Waals surface area contributed by atoms with Crippen LogP contribution in [-0.2, 0) is 4.79 Å². The molecule has 1 fully saturated rings. The molecule has 2 aromatic carbocycles. The van der Waals surface area contributed by atoms with Crippen LogP contribution in [0.15, 0.2) is 53.4 Å². The van der Waals surface area contributed by atoms with Gasteiger partial charge < -0.3 is 9.80 Å². The van der Waals surface area contributed by atoms with Crippen molar-refractivity contribution in [2.45, 2.75) is 23.8 Å². The van der Waals surface area contributed by atoms with Crippen LogP contribution >= 0.6 is 11.8 Å². The first-order valence-corrected chi connectivity index (χ1v) is 9.66. The molecule has 2 aromatic rings. The smallest absolute Gasteiger partial charge is 0.232 e. The maximum Gasteiger partial charge on any atom is 0.232 e. The van der Waals surface area contributed by atoms with Gasteiger partial charge in [-0.25, -0.2) is 8.78 Å². The number of carbonyl (C=O) groups excluding carboxylic acids is 1. The molecule has 0 radical (unpaired) electrons. The second kappa shape index (κ2) is 8.54. The van der Waals surface area contributed by atoms with Gasteiger partial charge in [0.05, 0.1) is 5.75 Å². The van der Waals surface area contributed by atoms with Crippen molar-refractivity contribution < 1.29 is 13.6 Å². The molecule has 26 heavy (non-hydrogen) atoms. The Labute approximate surface area is 157 Å². The van der Waals surface area contributed by atoms with E-state index in [1.165, 1.54) is 23.5 Å². The first-order chi connectivity index (χ1) is 12.5. The molecule has 138 valence electrons. The second-order valence-corrected chi connectivity index (χ2v) is 7.50. The van der Waals surface area contributed by atoms with Gasteiger partial charge in [-0.1, -0.05) is 18.2 Å². The van der Waals surface area contributed by atoms with Crippen molar-refractivity contribution in [3.8, 4) is 0 Å². The predicted molar refractivity (Wildman–Crippen MR) is 102 cm³/mol. The molecular weight excluding hydrogens is 354 g/mol. The summed E-state index contributed by atoms with van der Waals surface area (Å²) in [5.74, 6) is -1.55. The first-order valence-electron chi connectivity index (χ1n) is 8.68. The van der Waals surface area contributed by atoms with Crippen LogP contribution in [0.1, 0.15) is 12.8 Å². The number of para-hydroxylation sites is 1. The maximum absolute atomic E-state index is 13.3. The Balaban J connectivity index is 1.56. The van der Waals surface area contributed by atoms with Gasteiger partial charge in [-0.2, -0.15) is 0 Å². The summed E-state index contributed by atoms with van der Waals surface area (Å²) in [5, 5.41) is 0. The Hall–Kier alpha value is -2.08. The quantitative estimate of drug-likeness (QED) is 0.732. The number of likely N-dealkylation sites (N-methyl/N-ethyl adjacent to an activating group) is 1. The monoisotopic (exact) mass is 376 g/mol. The van der Waals surface area contributed by atoms with Gasteiger partial charge in [-0.05, 0) is 43.2 Å². The molecule has 1 heterocycles. The lowest BCUT2D eigenvalue weighted by Gasteiger charge is -2.38. The third-order valence-electron chi connectivity index (χ3n) is 4.71. The molecule has 3 nitrogen and oxygen atoms in total. The second-order valence-electron chi connectivity index (χ2n) is 6.45. The van der Waals surface area contributed by atoms with E-state index in [1.807, 2.05) is 25.2 Å². The fourth-order valence-corrected chi connectivity index (χ4v) is 4.01. The SMILES string of the molecule is CN(C(=O)CSc1ccc(F)c(F)c1)[C@H]1CCCN(c2ccccc2)C1. The lowest BCUT2D eigenvalue weighted by atomic mass is 10.0. The van der Waals surface area contributed by atoms with E-state index in [0.29, 0.717) is 4.90 Å². The molecule has 0 aromatic heterocycles. The van der Waals surface area contributed by atoms with E-state index < -0.39 is 11.6 Å². The molecule has 0 unspecified atom stereocenters. The van der Waals surface area contributed by atoms with Crippen LogP contribution in [0, 0.1) is 11.6 Å². The van der Waals surface area contributed by atoms with E-state index in [1.54, 1.807) is 4.90 Å². The Morgan fingerprint density at radius 2 is 1.96 bits per heavy atom. The zero-order valence-corrected chi connectivity index (χ0v) is 15.5. The molecule has 1 saturated heterocycles. The number of thioether (sulfide) groups is 1. The molecule has 0 spiro atoms. The van der Waals surface area contributed by atoms with Gasteiger partial charge in [-0.3, -0.25) is 4.79 Å². The van der Waals surface area contributed by atoms with E-state index >= 15 is 0 Å².